The Kier molecular flexibility index (Phi) is 3.76. The van der Waals surface area contributed by atoms with Crippen LogP contribution in [0.15, 0.2) is 18.2 Å². The Labute approximate surface area is 151 Å². The highest BCUT2D eigenvalue weighted by atomic mass is 19.1. The van der Waals surface area contributed by atoms with Gasteiger partial charge in [0.2, 0.25) is 5.95 Å². The number of amides is 1. The minimum absolute atomic E-state index is 0.0124. The number of rotatable bonds is 3. The van der Waals surface area contributed by atoms with Crippen LogP contribution < -0.4 is 5.32 Å². The molecule has 138 valence electrons. The highest BCUT2D eigenvalue weighted by Gasteiger charge is 2.57. The van der Waals surface area contributed by atoms with Crippen LogP contribution in [-0.2, 0) is 4.74 Å². The SMILES string of the molecule is Cc1cccc2nc(C(=O)N[C@H]3[C@H]4CCO[C@H]4[C@@H]3N3CCCC3)c(F)n12. The van der Waals surface area contributed by atoms with Gasteiger partial charge < -0.3 is 10.1 Å². The molecule has 4 atom stereocenters. The summed E-state index contributed by atoms with van der Waals surface area (Å²) in [4.78, 5) is 19.5. The second-order valence-electron chi connectivity index (χ2n) is 7.63. The molecule has 0 unspecified atom stereocenters. The molecule has 2 aromatic heterocycles. The lowest BCUT2D eigenvalue weighted by atomic mass is 9.70. The maximum absolute atomic E-state index is 14.8. The number of hydrogen-bond acceptors (Lipinski definition) is 4. The molecule has 1 amide bonds. The van der Waals surface area contributed by atoms with E-state index >= 15 is 0 Å². The van der Waals surface area contributed by atoms with Crippen molar-refractivity contribution in [1.82, 2.24) is 19.6 Å². The first-order chi connectivity index (χ1) is 12.6. The van der Waals surface area contributed by atoms with E-state index in [1.807, 2.05) is 6.07 Å². The Balaban J connectivity index is 1.41. The number of nitrogens with one attached hydrogen (secondary N) is 1. The third-order valence-corrected chi connectivity index (χ3v) is 6.21. The molecule has 1 N–H and O–H groups in total. The number of aryl methyl sites for hydroxylation is 1. The zero-order valence-electron chi connectivity index (χ0n) is 14.8. The molecular weight excluding hydrogens is 335 g/mol. The first kappa shape index (κ1) is 16.2. The van der Waals surface area contributed by atoms with Gasteiger partial charge in [0.15, 0.2) is 5.69 Å². The molecule has 3 aliphatic rings. The van der Waals surface area contributed by atoms with Crippen molar-refractivity contribution in [3.8, 4) is 0 Å². The number of aromatic nitrogens is 2. The second-order valence-corrected chi connectivity index (χ2v) is 7.63. The maximum atomic E-state index is 14.8. The third-order valence-electron chi connectivity index (χ3n) is 6.21. The summed E-state index contributed by atoms with van der Waals surface area (Å²) in [5, 5.41) is 3.08. The molecule has 2 saturated heterocycles. The first-order valence-electron chi connectivity index (χ1n) is 9.45. The topological polar surface area (TPSA) is 58.9 Å². The van der Waals surface area contributed by atoms with E-state index in [0.717, 1.165) is 31.8 Å². The molecule has 0 aromatic carbocycles. The zero-order chi connectivity index (χ0) is 17.8. The van der Waals surface area contributed by atoms with Crippen molar-refractivity contribution < 1.29 is 13.9 Å². The maximum Gasteiger partial charge on any atom is 0.274 e. The van der Waals surface area contributed by atoms with Gasteiger partial charge in [-0.05, 0) is 51.4 Å². The number of carbonyl (C=O) groups excluding carboxylic acids is 1. The van der Waals surface area contributed by atoms with Crippen LogP contribution in [-0.4, -0.2) is 58.1 Å². The lowest BCUT2D eigenvalue weighted by Crippen LogP contribution is -2.70. The molecule has 3 fully saturated rings. The minimum atomic E-state index is -0.591. The predicted molar refractivity (Wildman–Crippen MR) is 93.6 cm³/mol. The summed E-state index contributed by atoms with van der Waals surface area (Å²) in [5.41, 5.74) is 1.05. The van der Waals surface area contributed by atoms with Gasteiger partial charge in [-0.25, -0.2) is 4.98 Å². The van der Waals surface area contributed by atoms with Crippen molar-refractivity contribution in [3.05, 3.63) is 35.5 Å². The van der Waals surface area contributed by atoms with Crippen LogP contribution in [0, 0.1) is 18.8 Å². The largest absolute Gasteiger partial charge is 0.376 e. The van der Waals surface area contributed by atoms with Gasteiger partial charge in [-0.15, -0.1) is 0 Å². The molecule has 2 aliphatic heterocycles. The van der Waals surface area contributed by atoms with E-state index in [1.54, 1.807) is 19.1 Å². The van der Waals surface area contributed by atoms with E-state index in [1.165, 1.54) is 17.2 Å². The van der Waals surface area contributed by atoms with Crippen molar-refractivity contribution in [3.63, 3.8) is 0 Å². The Morgan fingerprint density at radius 2 is 2.15 bits per heavy atom. The quantitative estimate of drug-likeness (QED) is 0.908. The number of halogens is 1. The Morgan fingerprint density at radius 1 is 1.35 bits per heavy atom. The van der Waals surface area contributed by atoms with Crippen molar-refractivity contribution in [1.29, 1.82) is 0 Å². The summed E-state index contributed by atoms with van der Waals surface area (Å²) in [6.07, 6.45) is 3.53. The van der Waals surface area contributed by atoms with Crippen LogP contribution in [0.5, 0.6) is 0 Å². The van der Waals surface area contributed by atoms with Crippen LogP contribution in [0.4, 0.5) is 4.39 Å². The average molecular weight is 358 g/mol. The van der Waals surface area contributed by atoms with Gasteiger partial charge >= 0.3 is 0 Å². The van der Waals surface area contributed by atoms with Crippen LogP contribution in [0.2, 0.25) is 0 Å². The van der Waals surface area contributed by atoms with Gasteiger partial charge in [0, 0.05) is 18.2 Å². The van der Waals surface area contributed by atoms with Gasteiger partial charge in [0.1, 0.15) is 5.65 Å². The number of imidazole rings is 1. The highest BCUT2D eigenvalue weighted by molar-refractivity contribution is 5.93. The van der Waals surface area contributed by atoms with Crippen molar-refractivity contribution >= 4 is 11.6 Å². The van der Waals surface area contributed by atoms with Gasteiger partial charge in [-0.2, -0.15) is 4.39 Å². The number of carbonyl (C=O) groups is 1. The van der Waals surface area contributed by atoms with Gasteiger partial charge in [0.05, 0.1) is 18.2 Å². The first-order valence-corrected chi connectivity index (χ1v) is 9.45. The molecule has 1 aliphatic carbocycles. The lowest BCUT2D eigenvalue weighted by molar-refractivity contribution is -0.0748. The second kappa shape index (κ2) is 6.03. The number of ether oxygens (including phenoxy) is 1. The van der Waals surface area contributed by atoms with Crippen LogP contribution in [0.1, 0.15) is 35.4 Å². The monoisotopic (exact) mass is 358 g/mol. The standard InChI is InChI=1S/C19H23FN4O2/c1-11-5-4-6-13-21-15(18(20)24(11)13)19(25)22-14-12-7-10-26-17(12)16(14)23-8-2-3-9-23/h4-6,12,14,16-17H,2-3,7-10H2,1H3,(H,22,25)/t12-,14+,16-,17-/m1/s1. The number of pyridine rings is 1. The zero-order valence-corrected chi connectivity index (χ0v) is 14.8. The van der Waals surface area contributed by atoms with E-state index < -0.39 is 11.9 Å². The molecule has 0 spiro atoms. The average Bonchev–Trinajstić information content (AvgIpc) is 3.34. The van der Waals surface area contributed by atoms with Crippen molar-refractivity contribution in [2.45, 2.75) is 44.4 Å². The summed E-state index contributed by atoms with van der Waals surface area (Å²) >= 11 is 0. The Morgan fingerprint density at radius 3 is 2.92 bits per heavy atom. The summed E-state index contributed by atoms with van der Waals surface area (Å²) in [6, 6.07) is 5.54. The molecule has 26 heavy (non-hydrogen) atoms. The van der Waals surface area contributed by atoms with Crippen LogP contribution in [0.3, 0.4) is 0 Å². The molecule has 1 saturated carbocycles. The molecule has 0 radical (unpaired) electrons. The Hall–Kier alpha value is -1.99. The minimum Gasteiger partial charge on any atom is -0.376 e. The van der Waals surface area contributed by atoms with Gasteiger partial charge in [0.25, 0.3) is 5.91 Å². The summed E-state index contributed by atoms with van der Waals surface area (Å²) < 4.78 is 22.1. The highest BCUT2D eigenvalue weighted by Crippen LogP contribution is 2.43. The van der Waals surface area contributed by atoms with Gasteiger partial charge in [-0.1, -0.05) is 6.07 Å². The fourth-order valence-electron chi connectivity index (χ4n) is 4.92. The van der Waals surface area contributed by atoms with Crippen LogP contribution in [0.25, 0.3) is 5.65 Å². The van der Waals surface area contributed by atoms with Crippen LogP contribution >= 0.6 is 0 Å². The molecular formula is C19H23FN4O2. The predicted octanol–water partition coefficient (Wildman–Crippen LogP) is 1.76. The van der Waals surface area contributed by atoms with E-state index in [-0.39, 0.29) is 23.9 Å². The molecule has 7 heteroatoms. The Bertz CT molecular complexity index is 856. The fourth-order valence-corrected chi connectivity index (χ4v) is 4.92. The normalized spacial score (nSPS) is 31.2. The number of fused-ring (bicyclic) bond motifs is 2. The summed E-state index contributed by atoms with van der Waals surface area (Å²) in [6.45, 7) is 4.64. The molecule has 6 nitrogen and oxygen atoms in total. The smallest absolute Gasteiger partial charge is 0.274 e. The lowest BCUT2D eigenvalue weighted by Gasteiger charge is -2.51. The molecule has 0 bridgehead atoms. The number of nitrogens with zero attached hydrogens (tertiary/aromatic N) is 3. The third kappa shape index (κ3) is 2.30. The molecule has 4 heterocycles. The van der Waals surface area contributed by atoms with Gasteiger partial charge in [-0.3, -0.25) is 14.1 Å². The summed E-state index contributed by atoms with van der Waals surface area (Å²) in [5.74, 6) is -0.691. The van der Waals surface area contributed by atoms with Crippen molar-refractivity contribution in [2.75, 3.05) is 19.7 Å². The number of likely N-dealkylation sites (tertiary alicyclic amines) is 1. The van der Waals surface area contributed by atoms with E-state index in [0.29, 0.717) is 11.6 Å². The van der Waals surface area contributed by atoms with E-state index in [2.05, 4.69) is 15.2 Å². The molecule has 5 rings (SSSR count). The summed E-state index contributed by atoms with van der Waals surface area (Å²) in [7, 11) is 0. The molecule has 2 aromatic rings. The fraction of sp³-hybridized carbons (Fsp3) is 0.579. The number of hydrogen-bond donors (Lipinski definition) is 1. The van der Waals surface area contributed by atoms with Crippen molar-refractivity contribution in [2.24, 2.45) is 5.92 Å². The van der Waals surface area contributed by atoms with E-state index in [9.17, 15) is 9.18 Å². The van der Waals surface area contributed by atoms with E-state index in [4.69, 9.17) is 4.74 Å².